The Labute approximate surface area is 182 Å². The number of ether oxygens (including phenoxy) is 1. The number of hydrogen-bond acceptors (Lipinski definition) is 8. The Balaban J connectivity index is 1.45. The molecule has 0 bridgehead atoms. The minimum absolute atomic E-state index is 0.122. The number of amides is 1. The van der Waals surface area contributed by atoms with Crippen molar-refractivity contribution in [2.24, 2.45) is 0 Å². The van der Waals surface area contributed by atoms with Crippen molar-refractivity contribution in [1.82, 2.24) is 24.6 Å². The SMILES string of the molecule is Nc1c(-c2nnc(SCC(=O)N3CCOCC3)n2C2CCCC2)sc2ncccc12. The lowest BCUT2D eigenvalue weighted by molar-refractivity contribution is -0.132. The number of morpholine rings is 1. The number of anilines is 1. The van der Waals surface area contributed by atoms with E-state index in [1.807, 2.05) is 17.0 Å². The third-order valence-corrected chi connectivity index (χ3v) is 7.80. The Bertz CT molecular complexity index is 1050. The van der Waals surface area contributed by atoms with E-state index in [-0.39, 0.29) is 5.91 Å². The first-order chi connectivity index (χ1) is 14.7. The summed E-state index contributed by atoms with van der Waals surface area (Å²) in [4.78, 5) is 20.7. The topological polar surface area (TPSA) is 99.2 Å². The highest BCUT2D eigenvalue weighted by Gasteiger charge is 2.28. The highest BCUT2D eigenvalue weighted by molar-refractivity contribution is 7.99. The predicted molar refractivity (Wildman–Crippen MR) is 119 cm³/mol. The number of nitrogens with two attached hydrogens (primary N) is 1. The van der Waals surface area contributed by atoms with E-state index in [4.69, 9.17) is 10.5 Å². The number of nitrogens with zero attached hydrogens (tertiary/aromatic N) is 5. The second kappa shape index (κ2) is 8.52. The Hall–Kier alpha value is -2.17. The van der Waals surface area contributed by atoms with Crippen molar-refractivity contribution < 1.29 is 9.53 Å². The summed E-state index contributed by atoms with van der Waals surface area (Å²) in [5.74, 6) is 1.27. The quantitative estimate of drug-likeness (QED) is 0.603. The van der Waals surface area contributed by atoms with Crippen molar-refractivity contribution >= 4 is 44.9 Å². The molecule has 2 fully saturated rings. The van der Waals surface area contributed by atoms with Crippen LogP contribution < -0.4 is 5.73 Å². The summed E-state index contributed by atoms with van der Waals surface area (Å²) >= 11 is 3.02. The van der Waals surface area contributed by atoms with E-state index in [1.165, 1.54) is 24.6 Å². The highest BCUT2D eigenvalue weighted by Crippen LogP contribution is 2.43. The average Bonchev–Trinajstić information content (AvgIpc) is 3.51. The molecular weight excluding hydrogens is 420 g/mol. The van der Waals surface area contributed by atoms with Gasteiger partial charge in [-0.1, -0.05) is 24.6 Å². The molecule has 10 heteroatoms. The molecule has 3 aromatic rings. The summed E-state index contributed by atoms with van der Waals surface area (Å²) in [5, 5.41) is 10.8. The van der Waals surface area contributed by atoms with Crippen LogP contribution in [0.5, 0.6) is 0 Å². The van der Waals surface area contributed by atoms with E-state index in [0.717, 1.165) is 38.9 Å². The molecule has 0 aromatic carbocycles. The van der Waals surface area contributed by atoms with Crippen LogP contribution in [0.15, 0.2) is 23.5 Å². The second-order valence-corrected chi connectivity index (χ2v) is 9.54. The summed E-state index contributed by atoms with van der Waals surface area (Å²) in [7, 11) is 0. The molecule has 1 aliphatic heterocycles. The Morgan fingerprint density at radius 2 is 2.07 bits per heavy atom. The highest BCUT2D eigenvalue weighted by atomic mass is 32.2. The van der Waals surface area contributed by atoms with E-state index in [0.29, 0.717) is 43.8 Å². The van der Waals surface area contributed by atoms with Crippen LogP contribution in [-0.2, 0) is 9.53 Å². The lowest BCUT2D eigenvalue weighted by atomic mass is 10.2. The molecular formula is C20H24N6O2S2. The standard InChI is InChI=1S/C20H24N6O2S2/c21-16-14-6-3-7-22-19(14)30-17(16)18-23-24-20(26(18)13-4-1-2-5-13)29-12-15(27)25-8-10-28-11-9-25/h3,6-7,13H,1-2,4-5,8-12,21H2. The third kappa shape index (κ3) is 3.67. The van der Waals surface area contributed by atoms with Gasteiger partial charge in [0.05, 0.1) is 29.5 Å². The molecule has 1 saturated carbocycles. The van der Waals surface area contributed by atoms with Crippen LogP contribution in [0.25, 0.3) is 20.9 Å². The zero-order valence-corrected chi connectivity index (χ0v) is 18.3. The molecule has 3 aromatic heterocycles. The summed E-state index contributed by atoms with van der Waals surface area (Å²) < 4.78 is 7.56. The number of aromatic nitrogens is 4. The second-order valence-electron chi connectivity index (χ2n) is 7.60. The molecule has 0 atom stereocenters. The maximum atomic E-state index is 12.6. The number of nitrogen functional groups attached to an aromatic ring is 1. The lowest BCUT2D eigenvalue weighted by Crippen LogP contribution is -2.41. The molecule has 0 radical (unpaired) electrons. The zero-order valence-electron chi connectivity index (χ0n) is 16.6. The van der Waals surface area contributed by atoms with E-state index < -0.39 is 0 Å². The molecule has 0 spiro atoms. The number of hydrogen-bond donors (Lipinski definition) is 1. The van der Waals surface area contributed by atoms with Gasteiger partial charge >= 0.3 is 0 Å². The van der Waals surface area contributed by atoms with Crippen LogP contribution in [0.3, 0.4) is 0 Å². The van der Waals surface area contributed by atoms with Crippen LogP contribution >= 0.6 is 23.1 Å². The number of carbonyl (C=O) groups excluding carboxylic acids is 1. The van der Waals surface area contributed by atoms with E-state index in [1.54, 1.807) is 17.5 Å². The van der Waals surface area contributed by atoms with Crippen molar-refractivity contribution in [3.05, 3.63) is 18.3 Å². The van der Waals surface area contributed by atoms with Gasteiger partial charge in [0.25, 0.3) is 0 Å². The third-order valence-electron chi connectivity index (χ3n) is 5.75. The largest absolute Gasteiger partial charge is 0.397 e. The van der Waals surface area contributed by atoms with Gasteiger partial charge in [-0.25, -0.2) is 4.98 Å². The van der Waals surface area contributed by atoms with Crippen LogP contribution in [0.1, 0.15) is 31.7 Å². The number of fused-ring (bicyclic) bond motifs is 1. The van der Waals surface area contributed by atoms with Crippen LogP contribution in [0, 0.1) is 0 Å². The van der Waals surface area contributed by atoms with Crippen LogP contribution in [0.2, 0.25) is 0 Å². The Kier molecular flexibility index (Phi) is 5.62. The smallest absolute Gasteiger partial charge is 0.233 e. The van der Waals surface area contributed by atoms with Crippen LogP contribution in [-0.4, -0.2) is 62.6 Å². The molecule has 4 heterocycles. The maximum absolute atomic E-state index is 12.6. The molecule has 158 valence electrons. The van der Waals surface area contributed by atoms with Gasteiger partial charge in [0.15, 0.2) is 11.0 Å². The Morgan fingerprint density at radius 1 is 1.27 bits per heavy atom. The number of thiophene rings is 1. The summed E-state index contributed by atoms with van der Waals surface area (Å²) in [6, 6.07) is 4.23. The molecule has 0 unspecified atom stereocenters. The van der Waals surface area contributed by atoms with Crippen molar-refractivity contribution in [3.8, 4) is 10.7 Å². The molecule has 5 rings (SSSR count). The first kappa shape index (κ1) is 19.8. The van der Waals surface area contributed by atoms with Crippen molar-refractivity contribution in [2.75, 3.05) is 37.8 Å². The minimum Gasteiger partial charge on any atom is -0.397 e. The number of rotatable bonds is 5. The zero-order chi connectivity index (χ0) is 20.5. The summed E-state index contributed by atoms with van der Waals surface area (Å²) in [6.07, 6.45) is 6.37. The number of pyridine rings is 1. The molecule has 1 saturated heterocycles. The van der Waals surface area contributed by atoms with Gasteiger partial charge in [-0.2, -0.15) is 0 Å². The molecule has 2 N–H and O–H groups in total. The summed E-state index contributed by atoms with van der Waals surface area (Å²) in [6.45, 7) is 2.53. The first-order valence-electron chi connectivity index (χ1n) is 10.3. The first-order valence-corrected chi connectivity index (χ1v) is 12.1. The maximum Gasteiger partial charge on any atom is 0.233 e. The average molecular weight is 445 g/mol. The van der Waals surface area contributed by atoms with E-state index in [9.17, 15) is 4.79 Å². The molecule has 2 aliphatic rings. The van der Waals surface area contributed by atoms with Crippen LogP contribution in [0.4, 0.5) is 5.69 Å². The van der Waals surface area contributed by atoms with E-state index >= 15 is 0 Å². The number of thioether (sulfide) groups is 1. The fourth-order valence-corrected chi connectivity index (χ4v) is 6.12. The van der Waals surface area contributed by atoms with Gasteiger partial charge in [0.1, 0.15) is 4.83 Å². The molecule has 1 aliphatic carbocycles. The predicted octanol–water partition coefficient (Wildman–Crippen LogP) is 3.20. The van der Waals surface area contributed by atoms with Gasteiger partial charge in [-0.15, -0.1) is 21.5 Å². The molecule has 30 heavy (non-hydrogen) atoms. The van der Waals surface area contributed by atoms with Gasteiger partial charge < -0.3 is 15.4 Å². The minimum atomic E-state index is 0.122. The summed E-state index contributed by atoms with van der Waals surface area (Å²) in [5.41, 5.74) is 7.18. The molecule has 1 amide bonds. The van der Waals surface area contributed by atoms with Gasteiger partial charge in [-0.05, 0) is 25.0 Å². The van der Waals surface area contributed by atoms with Crippen molar-refractivity contribution in [1.29, 1.82) is 0 Å². The van der Waals surface area contributed by atoms with Gasteiger partial charge in [0, 0.05) is 30.7 Å². The van der Waals surface area contributed by atoms with E-state index in [2.05, 4.69) is 19.7 Å². The Morgan fingerprint density at radius 3 is 2.83 bits per heavy atom. The number of carbonyl (C=O) groups is 1. The van der Waals surface area contributed by atoms with Crippen molar-refractivity contribution in [3.63, 3.8) is 0 Å². The van der Waals surface area contributed by atoms with Gasteiger partial charge in [-0.3, -0.25) is 9.36 Å². The normalized spacial score (nSPS) is 17.8. The lowest BCUT2D eigenvalue weighted by Gasteiger charge is -2.26. The molecule has 8 nitrogen and oxygen atoms in total. The van der Waals surface area contributed by atoms with Gasteiger partial charge in [0.2, 0.25) is 5.91 Å². The van der Waals surface area contributed by atoms with Crippen molar-refractivity contribution in [2.45, 2.75) is 36.9 Å². The monoisotopic (exact) mass is 444 g/mol. The fraction of sp³-hybridized carbons (Fsp3) is 0.500. The fourth-order valence-electron chi connectivity index (χ4n) is 4.17.